The number of hydrogen-bond acceptors (Lipinski definition) is 5. The lowest BCUT2D eigenvalue weighted by Gasteiger charge is -2.03. The molecule has 0 saturated heterocycles. The zero-order valence-electron chi connectivity index (χ0n) is 7.44. The quantitative estimate of drug-likeness (QED) is 0.285. The molecule has 0 aliphatic heterocycles. The number of nitrogen functional groups attached to an aromatic ring is 1. The van der Waals surface area contributed by atoms with Gasteiger partial charge in [0.1, 0.15) is 0 Å². The third kappa shape index (κ3) is 2.24. The average molecular weight is 275 g/mol. The number of rotatable bonds is 3. The van der Waals surface area contributed by atoms with Crippen LogP contribution in [0.15, 0.2) is 12.1 Å². The SMILES string of the molecule is Nc1cc(O)c([N+](=O)[O-])cc1C(=O)CBr. The molecule has 1 aromatic rings. The molecule has 0 unspecified atom stereocenters. The van der Waals surface area contributed by atoms with E-state index in [1.807, 2.05) is 0 Å². The molecule has 0 radical (unpaired) electrons. The molecule has 1 rings (SSSR count). The van der Waals surface area contributed by atoms with E-state index in [0.29, 0.717) is 0 Å². The molecular formula is C8H7BrN2O4. The number of alkyl halides is 1. The standard InChI is InChI=1S/C8H7BrN2O4/c9-3-8(13)4-1-6(11(14)15)7(12)2-5(4)10/h1-2,12H,3,10H2. The number of ketones is 1. The first kappa shape index (κ1) is 11.4. The first-order valence-corrected chi connectivity index (χ1v) is 4.95. The normalized spacial score (nSPS) is 9.93. The van der Waals surface area contributed by atoms with Crippen molar-refractivity contribution >= 4 is 33.1 Å². The second-order valence-corrected chi connectivity index (χ2v) is 3.30. The molecule has 0 aliphatic carbocycles. The number of nitrogens with zero attached hydrogens (tertiary/aromatic N) is 1. The van der Waals surface area contributed by atoms with E-state index in [2.05, 4.69) is 15.9 Å². The zero-order valence-corrected chi connectivity index (χ0v) is 9.02. The van der Waals surface area contributed by atoms with E-state index in [-0.39, 0.29) is 22.4 Å². The van der Waals surface area contributed by atoms with E-state index in [1.165, 1.54) is 0 Å². The third-order valence-electron chi connectivity index (χ3n) is 1.77. The number of Topliss-reactive ketones (excluding diaryl/α,β-unsaturated/α-hetero) is 1. The van der Waals surface area contributed by atoms with Gasteiger partial charge < -0.3 is 10.8 Å². The number of benzene rings is 1. The Hall–Kier alpha value is -1.63. The number of nitro groups is 1. The van der Waals surface area contributed by atoms with E-state index in [4.69, 9.17) is 5.73 Å². The summed E-state index contributed by atoms with van der Waals surface area (Å²) in [6.45, 7) is 0. The van der Waals surface area contributed by atoms with Gasteiger partial charge in [-0.1, -0.05) is 15.9 Å². The summed E-state index contributed by atoms with van der Waals surface area (Å²) in [7, 11) is 0. The number of anilines is 1. The van der Waals surface area contributed by atoms with Gasteiger partial charge in [0.05, 0.1) is 10.3 Å². The molecule has 0 aliphatic rings. The monoisotopic (exact) mass is 274 g/mol. The summed E-state index contributed by atoms with van der Waals surface area (Å²) in [5.41, 5.74) is 4.95. The van der Waals surface area contributed by atoms with Crippen LogP contribution in [0.2, 0.25) is 0 Å². The highest BCUT2D eigenvalue weighted by atomic mass is 79.9. The fourth-order valence-corrected chi connectivity index (χ4v) is 1.35. The third-order valence-corrected chi connectivity index (χ3v) is 2.27. The molecular weight excluding hydrogens is 268 g/mol. The van der Waals surface area contributed by atoms with E-state index >= 15 is 0 Å². The van der Waals surface area contributed by atoms with Gasteiger partial charge in [-0.2, -0.15) is 0 Å². The molecule has 0 saturated carbocycles. The average Bonchev–Trinajstić information content (AvgIpc) is 2.16. The molecule has 0 bridgehead atoms. The molecule has 0 spiro atoms. The maximum atomic E-state index is 11.3. The van der Waals surface area contributed by atoms with Crippen molar-refractivity contribution in [2.24, 2.45) is 0 Å². The van der Waals surface area contributed by atoms with Crippen LogP contribution in [0, 0.1) is 10.1 Å². The number of phenols is 1. The van der Waals surface area contributed by atoms with Gasteiger partial charge in [-0.05, 0) is 0 Å². The van der Waals surface area contributed by atoms with Crippen LogP contribution in [0.3, 0.4) is 0 Å². The molecule has 6 nitrogen and oxygen atoms in total. The van der Waals surface area contributed by atoms with Crippen molar-refractivity contribution in [2.45, 2.75) is 0 Å². The Bertz CT molecular complexity index is 433. The Morgan fingerprint density at radius 2 is 2.20 bits per heavy atom. The molecule has 0 heterocycles. The number of phenolic OH excluding ortho intramolecular Hbond substituents is 1. The van der Waals surface area contributed by atoms with Crippen molar-refractivity contribution < 1.29 is 14.8 Å². The van der Waals surface area contributed by atoms with E-state index in [0.717, 1.165) is 12.1 Å². The maximum Gasteiger partial charge on any atom is 0.311 e. The van der Waals surface area contributed by atoms with Gasteiger partial charge in [0.15, 0.2) is 11.5 Å². The smallest absolute Gasteiger partial charge is 0.311 e. The van der Waals surface area contributed by atoms with Crippen molar-refractivity contribution in [2.75, 3.05) is 11.1 Å². The molecule has 0 atom stereocenters. The van der Waals surface area contributed by atoms with Crippen LogP contribution in [0.1, 0.15) is 10.4 Å². The molecule has 3 N–H and O–H groups in total. The number of carbonyl (C=O) groups is 1. The summed E-state index contributed by atoms with van der Waals surface area (Å²) < 4.78 is 0. The second-order valence-electron chi connectivity index (χ2n) is 2.74. The fraction of sp³-hybridized carbons (Fsp3) is 0.125. The van der Waals surface area contributed by atoms with Gasteiger partial charge in [-0.3, -0.25) is 14.9 Å². The topological polar surface area (TPSA) is 106 Å². The van der Waals surface area contributed by atoms with Crippen molar-refractivity contribution in [3.05, 3.63) is 27.8 Å². The molecule has 15 heavy (non-hydrogen) atoms. The highest BCUT2D eigenvalue weighted by molar-refractivity contribution is 9.09. The van der Waals surface area contributed by atoms with Gasteiger partial charge in [0, 0.05) is 23.4 Å². The van der Waals surface area contributed by atoms with Crippen molar-refractivity contribution in [3.8, 4) is 5.75 Å². The molecule has 80 valence electrons. The predicted octanol–water partition coefficient (Wildman–Crippen LogP) is 1.46. The first-order chi connectivity index (χ1) is 6.97. The summed E-state index contributed by atoms with van der Waals surface area (Å²) in [4.78, 5) is 21.0. The van der Waals surface area contributed by atoms with Gasteiger partial charge >= 0.3 is 5.69 Å². The molecule has 1 aromatic carbocycles. The largest absolute Gasteiger partial charge is 0.502 e. The van der Waals surface area contributed by atoms with Crippen molar-refractivity contribution in [3.63, 3.8) is 0 Å². The van der Waals surface area contributed by atoms with Crippen molar-refractivity contribution in [1.82, 2.24) is 0 Å². The summed E-state index contributed by atoms with van der Waals surface area (Å²) >= 11 is 2.93. The highest BCUT2D eigenvalue weighted by Crippen LogP contribution is 2.31. The minimum Gasteiger partial charge on any atom is -0.502 e. The number of halogens is 1. The fourth-order valence-electron chi connectivity index (χ4n) is 1.05. The van der Waals surface area contributed by atoms with Gasteiger partial charge in [0.2, 0.25) is 0 Å². The Morgan fingerprint density at radius 3 is 2.67 bits per heavy atom. The number of aromatic hydroxyl groups is 1. The lowest BCUT2D eigenvalue weighted by atomic mass is 10.1. The van der Waals surface area contributed by atoms with E-state index < -0.39 is 16.4 Å². The van der Waals surface area contributed by atoms with E-state index in [1.54, 1.807) is 0 Å². The van der Waals surface area contributed by atoms with Crippen LogP contribution >= 0.6 is 15.9 Å². The van der Waals surface area contributed by atoms with E-state index in [9.17, 15) is 20.0 Å². The maximum absolute atomic E-state index is 11.3. The molecule has 0 fully saturated rings. The predicted molar refractivity (Wildman–Crippen MR) is 57.3 cm³/mol. The second kappa shape index (κ2) is 4.26. The minimum absolute atomic E-state index is 0.0130. The van der Waals surface area contributed by atoms with Crippen LogP contribution in [0.5, 0.6) is 5.75 Å². The lowest BCUT2D eigenvalue weighted by molar-refractivity contribution is -0.385. The van der Waals surface area contributed by atoms with Gasteiger partial charge in [-0.15, -0.1) is 0 Å². The Kier molecular flexibility index (Phi) is 3.25. The summed E-state index contributed by atoms with van der Waals surface area (Å²) in [6.07, 6.45) is 0. The van der Waals surface area contributed by atoms with Crippen LogP contribution < -0.4 is 5.73 Å². The van der Waals surface area contributed by atoms with Crippen LogP contribution in [0.25, 0.3) is 0 Å². The number of nitrogens with two attached hydrogens (primary N) is 1. The summed E-state index contributed by atoms with van der Waals surface area (Å²) in [6, 6.07) is 1.96. The zero-order chi connectivity index (χ0) is 11.6. The molecule has 0 amide bonds. The minimum atomic E-state index is -0.778. The lowest BCUT2D eigenvalue weighted by Crippen LogP contribution is -2.05. The number of carbonyl (C=O) groups excluding carboxylic acids is 1. The Morgan fingerprint density at radius 1 is 1.60 bits per heavy atom. The molecule has 0 aromatic heterocycles. The number of hydrogen-bond donors (Lipinski definition) is 2. The summed E-state index contributed by atoms with van der Waals surface area (Å²) in [5.74, 6) is -0.931. The highest BCUT2D eigenvalue weighted by Gasteiger charge is 2.19. The van der Waals surface area contributed by atoms with Crippen molar-refractivity contribution in [1.29, 1.82) is 0 Å². The van der Waals surface area contributed by atoms with Gasteiger partial charge in [0.25, 0.3) is 0 Å². The first-order valence-electron chi connectivity index (χ1n) is 3.83. The number of nitro benzene ring substituents is 1. The van der Waals surface area contributed by atoms with Crippen LogP contribution in [-0.2, 0) is 0 Å². The Labute approximate surface area is 93.0 Å². The Balaban J connectivity index is 3.36. The van der Waals surface area contributed by atoms with Gasteiger partial charge in [-0.25, -0.2) is 0 Å². The summed E-state index contributed by atoms with van der Waals surface area (Å²) in [5, 5.41) is 19.7. The van der Waals surface area contributed by atoms with Crippen LogP contribution in [0.4, 0.5) is 11.4 Å². The van der Waals surface area contributed by atoms with Crippen LogP contribution in [-0.4, -0.2) is 21.1 Å². The molecule has 7 heteroatoms.